The van der Waals surface area contributed by atoms with Gasteiger partial charge in [0.15, 0.2) is 11.2 Å². The maximum absolute atomic E-state index is 13.0. The standard InChI is InChI=1S/C18H18ClN5O3/c1-11-10-23-14-15(21(2)18(27)22(16(14)26)8-3-9-25)20-17(23)24(11)13-6-4-12(19)5-7-13/h4-7,10,25H,3,8-9H2,1-2H3. The first-order chi connectivity index (χ1) is 12.9. The van der Waals surface area contributed by atoms with Crippen LogP contribution in [0, 0.1) is 6.92 Å². The quantitative estimate of drug-likeness (QED) is 0.574. The Balaban J connectivity index is 2.07. The van der Waals surface area contributed by atoms with Crippen LogP contribution in [-0.2, 0) is 13.6 Å². The van der Waals surface area contributed by atoms with E-state index >= 15 is 0 Å². The van der Waals surface area contributed by atoms with E-state index in [2.05, 4.69) is 4.98 Å². The van der Waals surface area contributed by atoms with Gasteiger partial charge in [0.05, 0.1) is 0 Å². The number of aryl methyl sites for hydroxylation is 2. The van der Waals surface area contributed by atoms with Crippen LogP contribution in [-0.4, -0.2) is 34.8 Å². The maximum atomic E-state index is 13.0. The Kier molecular flexibility index (Phi) is 4.16. The summed E-state index contributed by atoms with van der Waals surface area (Å²) in [7, 11) is 1.59. The van der Waals surface area contributed by atoms with Crippen molar-refractivity contribution in [3.05, 3.63) is 62.0 Å². The Morgan fingerprint density at radius 3 is 2.56 bits per heavy atom. The molecule has 0 unspecified atom stereocenters. The summed E-state index contributed by atoms with van der Waals surface area (Å²) in [5, 5.41) is 9.68. The lowest BCUT2D eigenvalue weighted by Crippen LogP contribution is -2.39. The minimum atomic E-state index is -0.448. The topological polar surface area (TPSA) is 86.5 Å². The molecular weight excluding hydrogens is 370 g/mol. The lowest BCUT2D eigenvalue weighted by molar-refractivity contribution is 0.277. The molecule has 27 heavy (non-hydrogen) atoms. The summed E-state index contributed by atoms with van der Waals surface area (Å²) < 4.78 is 6.11. The average Bonchev–Trinajstić information content (AvgIpc) is 3.15. The SMILES string of the molecule is Cc1cn2c3c(=O)n(CCCO)c(=O)n(C)c3nc2n1-c1ccc(Cl)cc1. The summed E-state index contributed by atoms with van der Waals surface area (Å²) in [6.07, 6.45) is 2.15. The second-order valence-corrected chi connectivity index (χ2v) is 6.85. The van der Waals surface area contributed by atoms with E-state index in [4.69, 9.17) is 16.7 Å². The Morgan fingerprint density at radius 2 is 1.89 bits per heavy atom. The molecule has 8 nitrogen and oxygen atoms in total. The molecule has 1 N–H and O–H groups in total. The average molecular weight is 388 g/mol. The zero-order chi connectivity index (χ0) is 19.3. The first-order valence-corrected chi connectivity index (χ1v) is 8.88. The third-order valence-electron chi connectivity index (χ3n) is 4.65. The third-order valence-corrected chi connectivity index (χ3v) is 4.90. The van der Waals surface area contributed by atoms with Crippen LogP contribution in [0.4, 0.5) is 0 Å². The molecular formula is C18H18ClN5O3. The molecule has 0 saturated heterocycles. The Morgan fingerprint density at radius 1 is 1.19 bits per heavy atom. The fourth-order valence-electron chi connectivity index (χ4n) is 3.35. The molecule has 140 valence electrons. The number of hydrogen-bond donors (Lipinski definition) is 1. The molecule has 0 aliphatic rings. The second kappa shape index (κ2) is 6.40. The molecule has 0 amide bonds. The van der Waals surface area contributed by atoms with Gasteiger partial charge in [-0.15, -0.1) is 0 Å². The highest BCUT2D eigenvalue weighted by atomic mass is 35.5. The van der Waals surface area contributed by atoms with Gasteiger partial charge in [-0.2, -0.15) is 4.98 Å². The molecule has 0 aliphatic carbocycles. The number of nitrogens with zero attached hydrogens (tertiary/aromatic N) is 5. The summed E-state index contributed by atoms with van der Waals surface area (Å²) in [6, 6.07) is 7.31. The first kappa shape index (κ1) is 17.6. The Hall–Kier alpha value is -2.84. The highest BCUT2D eigenvalue weighted by Gasteiger charge is 2.20. The van der Waals surface area contributed by atoms with Crippen LogP contribution in [0.15, 0.2) is 40.1 Å². The zero-order valence-electron chi connectivity index (χ0n) is 14.9. The predicted molar refractivity (Wildman–Crippen MR) is 103 cm³/mol. The molecule has 0 bridgehead atoms. The molecule has 0 saturated carbocycles. The normalized spacial score (nSPS) is 11.7. The number of halogens is 1. The van der Waals surface area contributed by atoms with Crippen LogP contribution in [0.25, 0.3) is 22.6 Å². The van der Waals surface area contributed by atoms with E-state index in [9.17, 15) is 9.59 Å². The van der Waals surface area contributed by atoms with E-state index in [0.29, 0.717) is 28.4 Å². The molecule has 0 fully saturated rings. The molecule has 0 radical (unpaired) electrons. The van der Waals surface area contributed by atoms with Gasteiger partial charge in [0, 0.05) is 42.8 Å². The van der Waals surface area contributed by atoms with Crippen LogP contribution in [0.3, 0.4) is 0 Å². The van der Waals surface area contributed by atoms with Gasteiger partial charge in [-0.3, -0.25) is 22.9 Å². The molecule has 0 atom stereocenters. The van der Waals surface area contributed by atoms with Crippen molar-refractivity contribution in [1.82, 2.24) is 23.1 Å². The number of aromatic nitrogens is 5. The van der Waals surface area contributed by atoms with Crippen LogP contribution in [0.2, 0.25) is 5.02 Å². The molecule has 1 aromatic carbocycles. The van der Waals surface area contributed by atoms with Gasteiger partial charge in [-0.25, -0.2) is 4.79 Å². The molecule has 3 aromatic heterocycles. The minimum Gasteiger partial charge on any atom is -0.396 e. The smallest absolute Gasteiger partial charge is 0.332 e. The van der Waals surface area contributed by atoms with Crippen molar-refractivity contribution in [3.63, 3.8) is 0 Å². The Labute approximate surface area is 158 Å². The second-order valence-electron chi connectivity index (χ2n) is 6.41. The van der Waals surface area contributed by atoms with E-state index < -0.39 is 11.2 Å². The highest BCUT2D eigenvalue weighted by molar-refractivity contribution is 6.30. The molecule has 9 heteroatoms. The molecule has 4 aromatic rings. The van der Waals surface area contributed by atoms with Crippen molar-refractivity contribution in [2.75, 3.05) is 6.61 Å². The summed E-state index contributed by atoms with van der Waals surface area (Å²) in [5.74, 6) is 0.539. The number of fused-ring (bicyclic) bond motifs is 3. The summed E-state index contributed by atoms with van der Waals surface area (Å²) in [6.45, 7) is 1.98. The van der Waals surface area contributed by atoms with Gasteiger partial charge >= 0.3 is 5.69 Å². The van der Waals surface area contributed by atoms with Gasteiger partial charge in [0.1, 0.15) is 0 Å². The van der Waals surface area contributed by atoms with Crippen molar-refractivity contribution in [2.24, 2.45) is 7.05 Å². The van der Waals surface area contributed by atoms with Crippen molar-refractivity contribution >= 4 is 28.5 Å². The van der Waals surface area contributed by atoms with Gasteiger partial charge in [-0.1, -0.05) is 11.6 Å². The van der Waals surface area contributed by atoms with Crippen LogP contribution >= 0.6 is 11.6 Å². The van der Waals surface area contributed by atoms with E-state index in [1.165, 1.54) is 4.57 Å². The predicted octanol–water partition coefficient (Wildman–Crippen LogP) is 1.48. The lowest BCUT2D eigenvalue weighted by atomic mass is 10.3. The van der Waals surface area contributed by atoms with E-state index in [0.717, 1.165) is 15.9 Å². The van der Waals surface area contributed by atoms with Crippen LogP contribution < -0.4 is 11.2 Å². The summed E-state index contributed by atoms with van der Waals surface area (Å²) in [4.78, 5) is 30.1. The van der Waals surface area contributed by atoms with Crippen molar-refractivity contribution in [1.29, 1.82) is 0 Å². The third kappa shape index (κ3) is 2.60. The number of benzene rings is 1. The van der Waals surface area contributed by atoms with E-state index in [1.54, 1.807) is 23.6 Å². The minimum absolute atomic E-state index is 0.0957. The van der Waals surface area contributed by atoms with Crippen molar-refractivity contribution in [2.45, 2.75) is 19.9 Å². The molecule has 3 heterocycles. The summed E-state index contributed by atoms with van der Waals surface area (Å²) >= 11 is 5.98. The molecule has 0 aliphatic heterocycles. The van der Waals surface area contributed by atoms with Gasteiger partial charge in [-0.05, 0) is 37.6 Å². The fraction of sp³-hybridized carbons (Fsp3) is 0.278. The first-order valence-electron chi connectivity index (χ1n) is 8.50. The number of hydrogen-bond acceptors (Lipinski definition) is 4. The highest BCUT2D eigenvalue weighted by Crippen LogP contribution is 2.22. The number of imidazole rings is 2. The fourth-order valence-corrected chi connectivity index (χ4v) is 3.47. The largest absolute Gasteiger partial charge is 0.396 e. The van der Waals surface area contributed by atoms with Crippen LogP contribution in [0.1, 0.15) is 12.1 Å². The van der Waals surface area contributed by atoms with E-state index in [-0.39, 0.29) is 13.2 Å². The Bertz CT molecular complexity index is 1280. The van der Waals surface area contributed by atoms with Gasteiger partial charge < -0.3 is 5.11 Å². The monoisotopic (exact) mass is 387 g/mol. The maximum Gasteiger partial charge on any atom is 0.332 e. The lowest BCUT2D eigenvalue weighted by Gasteiger charge is -2.07. The zero-order valence-corrected chi connectivity index (χ0v) is 15.6. The van der Waals surface area contributed by atoms with Gasteiger partial charge in [0.25, 0.3) is 5.56 Å². The molecule has 0 spiro atoms. The number of rotatable bonds is 4. The van der Waals surface area contributed by atoms with Crippen molar-refractivity contribution in [3.8, 4) is 5.69 Å². The summed E-state index contributed by atoms with van der Waals surface area (Å²) in [5.41, 5.74) is 1.53. The molecule has 4 rings (SSSR count). The van der Waals surface area contributed by atoms with E-state index in [1.807, 2.05) is 29.8 Å². The van der Waals surface area contributed by atoms with Crippen molar-refractivity contribution < 1.29 is 5.11 Å². The number of aliphatic hydroxyl groups is 1. The van der Waals surface area contributed by atoms with Crippen LogP contribution in [0.5, 0.6) is 0 Å². The number of aliphatic hydroxyl groups excluding tert-OH is 1. The van der Waals surface area contributed by atoms with Gasteiger partial charge in [0.2, 0.25) is 5.78 Å².